The molecule has 0 aliphatic heterocycles. The SMILES string of the molecule is COC(CN)C(=O)Nc1ccc(C(F)(F)F)cc1[N+](=O)[O-]. The maximum Gasteiger partial charge on any atom is 0.416 e. The predicted molar refractivity (Wildman–Crippen MR) is 66.6 cm³/mol. The number of nitrogens with two attached hydrogens (primary N) is 1. The van der Waals surface area contributed by atoms with Crippen molar-refractivity contribution < 1.29 is 27.6 Å². The van der Waals surface area contributed by atoms with Crippen LogP contribution in [0.4, 0.5) is 24.5 Å². The van der Waals surface area contributed by atoms with Crippen LogP contribution in [-0.4, -0.2) is 30.6 Å². The third kappa shape index (κ3) is 4.13. The summed E-state index contributed by atoms with van der Waals surface area (Å²) in [6.45, 7) is -0.184. The number of hydrogen-bond donors (Lipinski definition) is 2. The number of halogens is 3. The van der Waals surface area contributed by atoms with Gasteiger partial charge in [0.05, 0.1) is 10.5 Å². The van der Waals surface area contributed by atoms with E-state index in [0.29, 0.717) is 12.1 Å². The van der Waals surface area contributed by atoms with Crippen molar-refractivity contribution in [3.8, 4) is 0 Å². The van der Waals surface area contributed by atoms with Crippen LogP contribution in [0.25, 0.3) is 0 Å². The average molecular weight is 307 g/mol. The number of carbonyl (C=O) groups is 1. The van der Waals surface area contributed by atoms with Gasteiger partial charge in [-0.15, -0.1) is 0 Å². The molecule has 0 aliphatic carbocycles. The topological polar surface area (TPSA) is 107 Å². The maximum atomic E-state index is 12.5. The molecule has 21 heavy (non-hydrogen) atoms. The van der Waals surface area contributed by atoms with Crippen LogP contribution >= 0.6 is 0 Å². The Labute approximate surface area is 117 Å². The number of anilines is 1. The van der Waals surface area contributed by atoms with E-state index in [0.717, 1.165) is 6.07 Å². The fourth-order valence-corrected chi connectivity index (χ4v) is 1.49. The third-order valence-electron chi connectivity index (χ3n) is 2.57. The molecule has 7 nitrogen and oxygen atoms in total. The number of rotatable bonds is 5. The molecule has 0 spiro atoms. The predicted octanol–water partition coefficient (Wildman–Crippen LogP) is 1.53. The van der Waals surface area contributed by atoms with Crippen LogP contribution in [0.15, 0.2) is 18.2 Å². The average Bonchev–Trinajstić information content (AvgIpc) is 2.38. The zero-order valence-corrected chi connectivity index (χ0v) is 10.8. The smallest absolute Gasteiger partial charge is 0.370 e. The minimum Gasteiger partial charge on any atom is -0.370 e. The summed E-state index contributed by atoms with van der Waals surface area (Å²) in [6, 6.07) is 1.79. The molecule has 3 N–H and O–H groups in total. The number of benzene rings is 1. The van der Waals surface area contributed by atoms with Crippen LogP contribution in [0.3, 0.4) is 0 Å². The van der Waals surface area contributed by atoms with E-state index in [1.807, 2.05) is 0 Å². The van der Waals surface area contributed by atoms with Crippen LogP contribution < -0.4 is 11.1 Å². The van der Waals surface area contributed by atoms with Gasteiger partial charge in [0.2, 0.25) is 0 Å². The lowest BCUT2D eigenvalue weighted by molar-refractivity contribution is -0.384. The molecule has 0 saturated heterocycles. The Hall–Kier alpha value is -2.20. The fourth-order valence-electron chi connectivity index (χ4n) is 1.49. The van der Waals surface area contributed by atoms with E-state index in [1.165, 1.54) is 7.11 Å². The van der Waals surface area contributed by atoms with E-state index >= 15 is 0 Å². The number of nitrogens with one attached hydrogen (secondary N) is 1. The number of nitrogens with zero attached hydrogens (tertiary/aromatic N) is 1. The van der Waals surface area contributed by atoms with Crippen molar-refractivity contribution in [1.82, 2.24) is 0 Å². The molecule has 0 aliphatic rings. The minimum atomic E-state index is -4.72. The molecule has 0 radical (unpaired) electrons. The second-order valence-electron chi connectivity index (χ2n) is 3.94. The van der Waals surface area contributed by atoms with Gasteiger partial charge in [-0.25, -0.2) is 0 Å². The van der Waals surface area contributed by atoms with E-state index in [9.17, 15) is 28.1 Å². The van der Waals surface area contributed by atoms with Gasteiger partial charge in [-0.2, -0.15) is 13.2 Å². The van der Waals surface area contributed by atoms with Gasteiger partial charge in [0.25, 0.3) is 11.6 Å². The van der Waals surface area contributed by atoms with Gasteiger partial charge in [-0.1, -0.05) is 0 Å². The second-order valence-corrected chi connectivity index (χ2v) is 3.94. The highest BCUT2D eigenvalue weighted by atomic mass is 19.4. The molecule has 1 unspecified atom stereocenters. The lowest BCUT2D eigenvalue weighted by atomic mass is 10.1. The molecular weight excluding hydrogens is 295 g/mol. The van der Waals surface area contributed by atoms with Gasteiger partial charge >= 0.3 is 6.18 Å². The summed E-state index contributed by atoms with van der Waals surface area (Å²) in [5.41, 5.74) is 2.83. The van der Waals surface area contributed by atoms with Crippen molar-refractivity contribution in [2.75, 3.05) is 19.0 Å². The standard InChI is InChI=1S/C11H12F3N3O4/c1-21-9(5-15)10(18)16-7-3-2-6(11(12,13)14)4-8(7)17(19)20/h2-4,9H,5,15H2,1H3,(H,16,18). The number of carbonyl (C=O) groups excluding carboxylic acids is 1. The van der Waals surface area contributed by atoms with E-state index < -0.39 is 34.4 Å². The molecule has 1 amide bonds. The molecule has 1 aromatic carbocycles. The van der Waals surface area contributed by atoms with Crippen LogP contribution in [0, 0.1) is 10.1 Å². The van der Waals surface area contributed by atoms with Crippen molar-refractivity contribution in [2.24, 2.45) is 5.73 Å². The Bertz CT molecular complexity index is 544. The molecule has 0 fully saturated rings. The Morgan fingerprint density at radius 1 is 1.52 bits per heavy atom. The van der Waals surface area contributed by atoms with Crippen LogP contribution in [0.2, 0.25) is 0 Å². The molecule has 1 atom stereocenters. The van der Waals surface area contributed by atoms with Crippen LogP contribution in [-0.2, 0) is 15.7 Å². The van der Waals surface area contributed by atoms with Crippen molar-refractivity contribution in [3.63, 3.8) is 0 Å². The quantitative estimate of drug-likeness (QED) is 0.633. The third-order valence-corrected chi connectivity index (χ3v) is 2.57. The number of hydrogen-bond acceptors (Lipinski definition) is 5. The normalized spacial score (nSPS) is 12.8. The highest BCUT2D eigenvalue weighted by Crippen LogP contribution is 2.34. The summed E-state index contributed by atoms with van der Waals surface area (Å²) < 4.78 is 42.3. The zero-order valence-electron chi connectivity index (χ0n) is 10.8. The molecule has 0 saturated carbocycles. The molecule has 1 rings (SSSR count). The van der Waals surface area contributed by atoms with Gasteiger partial charge in [0, 0.05) is 19.7 Å². The first-order valence-corrected chi connectivity index (χ1v) is 5.60. The zero-order chi connectivity index (χ0) is 16.2. The van der Waals surface area contributed by atoms with E-state index in [4.69, 9.17) is 10.5 Å². The number of amides is 1. The van der Waals surface area contributed by atoms with Crippen molar-refractivity contribution >= 4 is 17.3 Å². The highest BCUT2D eigenvalue weighted by Gasteiger charge is 2.33. The number of methoxy groups -OCH3 is 1. The monoisotopic (exact) mass is 307 g/mol. The van der Waals surface area contributed by atoms with Crippen LogP contribution in [0.5, 0.6) is 0 Å². The van der Waals surface area contributed by atoms with Gasteiger partial charge in [0.1, 0.15) is 11.8 Å². The Kier molecular flexibility index (Phi) is 5.22. The minimum absolute atomic E-state index is 0.184. The first-order chi connectivity index (χ1) is 9.70. The largest absolute Gasteiger partial charge is 0.416 e. The fraction of sp³-hybridized carbons (Fsp3) is 0.364. The van der Waals surface area contributed by atoms with Crippen LogP contribution in [0.1, 0.15) is 5.56 Å². The second kappa shape index (κ2) is 6.50. The first-order valence-electron chi connectivity index (χ1n) is 5.60. The van der Waals surface area contributed by atoms with Crippen molar-refractivity contribution in [3.05, 3.63) is 33.9 Å². The summed E-state index contributed by atoms with van der Waals surface area (Å²) in [4.78, 5) is 21.5. The Morgan fingerprint density at radius 3 is 2.57 bits per heavy atom. The van der Waals surface area contributed by atoms with Gasteiger partial charge in [0.15, 0.2) is 0 Å². The summed E-state index contributed by atoms with van der Waals surface area (Å²) in [5, 5.41) is 12.9. The molecule has 116 valence electrons. The van der Waals surface area contributed by atoms with Gasteiger partial charge in [-0.05, 0) is 12.1 Å². The van der Waals surface area contributed by atoms with Crippen molar-refractivity contribution in [2.45, 2.75) is 12.3 Å². The maximum absolute atomic E-state index is 12.5. The summed E-state index contributed by atoms with van der Waals surface area (Å²) in [5.74, 6) is -0.789. The Morgan fingerprint density at radius 2 is 2.14 bits per heavy atom. The Balaban J connectivity index is 3.13. The number of ether oxygens (including phenoxy) is 1. The molecule has 1 aromatic rings. The molecule has 0 aromatic heterocycles. The number of nitro benzene ring substituents is 1. The number of nitro groups is 1. The van der Waals surface area contributed by atoms with E-state index in [-0.39, 0.29) is 12.2 Å². The van der Waals surface area contributed by atoms with E-state index in [2.05, 4.69) is 5.32 Å². The molecule has 0 heterocycles. The summed E-state index contributed by atoms with van der Waals surface area (Å²) in [7, 11) is 1.21. The molecular formula is C11H12F3N3O4. The summed E-state index contributed by atoms with van der Waals surface area (Å²) >= 11 is 0. The lowest BCUT2D eigenvalue weighted by Crippen LogP contribution is -2.36. The first kappa shape index (κ1) is 16.9. The molecule has 10 heteroatoms. The number of alkyl halides is 3. The van der Waals surface area contributed by atoms with E-state index in [1.54, 1.807) is 0 Å². The molecule has 0 bridgehead atoms. The van der Waals surface area contributed by atoms with Gasteiger partial charge in [-0.3, -0.25) is 14.9 Å². The highest BCUT2D eigenvalue weighted by molar-refractivity contribution is 5.96. The van der Waals surface area contributed by atoms with Gasteiger partial charge < -0.3 is 15.8 Å². The summed E-state index contributed by atoms with van der Waals surface area (Å²) in [6.07, 6.45) is -5.79. The lowest BCUT2D eigenvalue weighted by Gasteiger charge is -2.14. The van der Waals surface area contributed by atoms with Crippen molar-refractivity contribution in [1.29, 1.82) is 0 Å².